The first kappa shape index (κ1) is 14.1. The molecule has 19 heavy (non-hydrogen) atoms. The lowest BCUT2D eigenvalue weighted by Gasteiger charge is -2.34. The summed E-state index contributed by atoms with van der Waals surface area (Å²) in [5.41, 5.74) is 2.84. The van der Waals surface area contributed by atoms with E-state index >= 15 is 0 Å². The summed E-state index contributed by atoms with van der Waals surface area (Å²) in [5, 5.41) is 3.70. The maximum Gasteiger partial charge on any atom is 0.122 e. The van der Waals surface area contributed by atoms with Gasteiger partial charge in [-0.1, -0.05) is 25.1 Å². The molecule has 0 fully saturated rings. The molecule has 2 atom stereocenters. The number of ether oxygens (including phenoxy) is 1. The highest BCUT2D eigenvalue weighted by Gasteiger charge is 2.29. The molecule has 0 bridgehead atoms. The minimum Gasteiger partial charge on any atom is -0.496 e. The van der Waals surface area contributed by atoms with E-state index < -0.39 is 0 Å². The molecule has 0 saturated carbocycles. The van der Waals surface area contributed by atoms with Crippen LogP contribution in [0.1, 0.15) is 43.2 Å². The molecule has 1 aliphatic rings. The zero-order chi connectivity index (χ0) is 13.7. The summed E-state index contributed by atoms with van der Waals surface area (Å²) in [6.07, 6.45) is 6.55. The van der Waals surface area contributed by atoms with E-state index in [0.29, 0.717) is 12.0 Å². The highest BCUT2D eigenvalue weighted by molar-refractivity contribution is 5.44. The van der Waals surface area contributed by atoms with Crippen molar-refractivity contribution in [2.24, 2.45) is 0 Å². The lowest BCUT2D eigenvalue weighted by Crippen LogP contribution is -2.38. The maximum absolute atomic E-state index is 5.51. The molecule has 2 rings (SSSR count). The van der Waals surface area contributed by atoms with Gasteiger partial charge in [0, 0.05) is 12.0 Å². The molecular weight excluding hydrogens is 234 g/mol. The standard InChI is InChI=1S/C17H25NO/c1-4-7-14-13-8-6-9-17(19-3)15(13)10-11-16(14)18-12-5-2/h4,6,8-9,14,16,18H,1,5,7,10-12H2,2-3H3/t14-,16+/m1/s1. The molecule has 2 heteroatoms. The van der Waals surface area contributed by atoms with Crippen LogP contribution in [0.2, 0.25) is 0 Å². The summed E-state index contributed by atoms with van der Waals surface area (Å²) in [4.78, 5) is 0. The van der Waals surface area contributed by atoms with E-state index in [0.717, 1.165) is 25.1 Å². The Morgan fingerprint density at radius 3 is 3.00 bits per heavy atom. The van der Waals surface area contributed by atoms with Gasteiger partial charge in [0.05, 0.1) is 7.11 Å². The third-order valence-electron chi connectivity index (χ3n) is 4.06. The number of nitrogens with one attached hydrogen (secondary N) is 1. The monoisotopic (exact) mass is 259 g/mol. The third-order valence-corrected chi connectivity index (χ3v) is 4.06. The predicted molar refractivity (Wildman–Crippen MR) is 81.0 cm³/mol. The lowest BCUT2D eigenvalue weighted by molar-refractivity contribution is 0.369. The molecular formula is C17H25NO. The quantitative estimate of drug-likeness (QED) is 0.787. The van der Waals surface area contributed by atoms with Crippen LogP contribution in [0.25, 0.3) is 0 Å². The van der Waals surface area contributed by atoms with Crippen molar-refractivity contribution < 1.29 is 4.74 Å². The van der Waals surface area contributed by atoms with Crippen molar-refractivity contribution in [1.29, 1.82) is 0 Å². The smallest absolute Gasteiger partial charge is 0.122 e. The van der Waals surface area contributed by atoms with Crippen LogP contribution in [0.3, 0.4) is 0 Å². The summed E-state index contributed by atoms with van der Waals surface area (Å²) >= 11 is 0. The second-order valence-electron chi connectivity index (χ2n) is 5.26. The van der Waals surface area contributed by atoms with Crippen molar-refractivity contribution in [1.82, 2.24) is 5.32 Å². The van der Waals surface area contributed by atoms with E-state index in [9.17, 15) is 0 Å². The molecule has 0 saturated heterocycles. The van der Waals surface area contributed by atoms with E-state index in [-0.39, 0.29) is 0 Å². The summed E-state index contributed by atoms with van der Waals surface area (Å²) in [7, 11) is 1.76. The molecule has 0 aliphatic heterocycles. The molecule has 1 aromatic rings. The van der Waals surface area contributed by atoms with Crippen LogP contribution >= 0.6 is 0 Å². The third kappa shape index (κ3) is 3.01. The minimum atomic E-state index is 0.530. The van der Waals surface area contributed by atoms with Crippen molar-refractivity contribution in [3.8, 4) is 5.75 Å². The largest absolute Gasteiger partial charge is 0.496 e. The maximum atomic E-state index is 5.51. The Morgan fingerprint density at radius 1 is 1.47 bits per heavy atom. The Bertz CT molecular complexity index is 427. The fourth-order valence-electron chi connectivity index (χ4n) is 3.15. The summed E-state index contributed by atoms with van der Waals surface area (Å²) in [5.74, 6) is 1.57. The van der Waals surface area contributed by atoms with Gasteiger partial charge in [0.15, 0.2) is 0 Å². The highest BCUT2D eigenvalue weighted by atomic mass is 16.5. The number of hydrogen-bond donors (Lipinski definition) is 1. The fraction of sp³-hybridized carbons (Fsp3) is 0.529. The average molecular weight is 259 g/mol. The van der Waals surface area contributed by atoms with Gasteiger partial charge in [0.25, 0.3) is 0 Å². The number of hydrogen-bond acceptors (Lipinski definition) is 2. The molecule has 0 aromatic heterocycles. The van der Waals surface area contributed by atoms with Gasteiger partial charge in [-0.3, -0.25) is 0 Å². The molecule has 0 spiro atoms. The molecule has 0 unspecified atom stereocenters. The van der Waals surface area contributed by atoms with Gasteiger partial charge in [-0.2, -0.15) is 0 Å². The Balaban J connectivity index is 2.29. The summed E-state index contributed by atoms with van der Waals surface area (Å²) in [6.45, 7) is 7.24. The second-order valence-corrected chi connectivity index (χ2v) is 5.26. The van der Waals surface area contributed by atoms with Gasteiger partial charge < -0.3 is 10.1 Å². The van der Waals surface area contributed by atoms with Crippen LogP contribution in [0.5, 0.6) is 5.75 Å². The molecule has 0 amide bonds. The molecule has 0 radical (unpaired) electrons. The average Bonchev–Trinajstić information content (AvgIpc) is 2.46. The van der Waals surface area contributed by atoms with Gasteiger partial charge in [0.1, 0.15) is 5.75 Å². The Hall–Kier alpha value is -1.28. The van der Waals surface area contributed by atoms with E-state index in [1.54, 1.807) is 7.11 Å². The fourth-order valence-corrected chi connectivity index (χ4v) is 3.15. The number of benzene rings is 1. The zero-order valence-electron chi connectivity index (χ0n) is 12.1. The molecule has 1 aliphatic carbocycles. The lowest BCUT2D eigenvalue weighted by atomic mass is 9.77. The van der Waals surface area contributed by atoms with Crippen LogP contribution in [0.15, 0.2) is 30.9 Å². The van der Waals surface area contributed by atoms with Gasteiger partial charge in [-0.15, -0.1) is 6.58 Å². The van der Waals surface area contributed by atoms with Crippen molar-refractivity contribution in [3.05, 3.63) is 42.0 Å². The predicted octanol–water partition coefficient (Wildman–Crippen LogP) is 3.67. The Morgan fingerprint density at radius 2 is 2.32 bits per heavy atom. The number of rotatable bonds is 6. The van der Waals surface area contributed by atoms with Gasteiger partial charge in [-0.05, 0) is 49.4 Å². The van der Waals surface area contributed by atoms with E-state index in [1.165, 1.54) is 24.0 Å². The minimum absolute atomic E-state index is 0.530. The first-order chi connectivity index (χ1) is 9.31. The number of methoxy groups -OCH3 is 1. The number of fused-ring (bicyclic) bond motifs is 1. The van der Waals surface area contributed by atoms with Crippen LogP contribution in [0, 0.1) is 0 Å². The SMILES string of the molecule is C=CC[C@@H]1c2cccc(OC)c2CC[C@@H]1NCCC. The molecule has 104 valence electrons. The van der Waals surface area contributed by atoms with E-state index in [2.05, 4.69) is 37.0 Å². The Labute approximate surface area is 116 Å². The van der Waals surface area contributed by atoms with Crippen LogP contribution in [-0.2, 0) is 6.42 Å². The highest BCUT2D eigenvalue weighted by Crippen LogP contribution is 2.38. The van der Waals surface area contributed by atoms with Gasteiger partial charge in [-0.25, -0.2) is 0 Å². The van der Waals surface area contributed by atoms with Crippen LogP contribution in [0.4, 0.5) is 0 Å². The molecule has 1 N–H and O–H groups in total. The topological polar surface area (TPSA) is 21.3 Å². The van der Waals surface area contributed by atoms with Crippen LogP contribution in [-0.4, -0.2) is 19.7 Å². The normalized spacial score (nSPS) is 21.8. The van der Waals surface area contributed by atoms with Gasteiger partial charge in [0.2, 0.25) is 0 Å². The molecule has 0 heterocycles. The van der Waals surface area contributed by atoms with Crippen molar-refractivity contribution in [2.45, 2.75) is 44.6 Å². The Kier molecular flexibility index (Phi) is 5.03. The second kappa shape index (κ2) is 6.76. The summed E-state index contributed by atoms with van der Waals surface area (Å²) < 4.78 is 5.51. The molecule has 1 aromatic carbocycles. The van der Waals surface area contributed by atoms with E-state index in [1.807, 2.05) is 6.08 Å². The van der Waals surface area contributed by atoms with Crippen molar-refractivity contribution in [3.63, 3.8) is 0 Å². The summed E-state index contributed by atoms with van der Waals surface area (Å²) in [6, 6.07) is 7.00. The first-order valence-electron chi connectivity index (χ1n) is 7.31. The number of allylic oxidation sites excluding steroid dienone is 1. The van der Waals surface area contributed by atoms with Crippen molar-refractivity contribution >= 4 is 0 Å². The van der Waals surface area contributed by atoms with Crippen LogP contribution < -0.4 is 10.1 Å². The molecule has 2 nitrogen and oxygen atoms in total. The van der Waals surface area contributed by atoms with Crippen molar-refractivity contribution in [2.75, 3.05) is 13.7 Å². The zero-order valence-corrected chi connectivity index (χ0v) is 12.1. The first-order valence-corrected chi connectivity index (χ1v) is 7.31. The van der Waals surface area contributed by atoms with E-state index in [4.69, 9.17) is 4.74 Å². The van der Waals surface area contributed by atoms with Gasteiger partial charge >= 0.3 is 0 Å².